The summed E-state index contributed by atoms with van der Waals surface area (Å²) in [5.41, 5.74) is 8.74. The fourth-order valence-corrected chi connectivity index (χ4v) is 6.72. The van der Waals surface area contributed by atoms with E-state index in [0.29, 0.717) is 12.8 Å². The zero-order chi connectivity index (χ0) is 27.4. The van der Waals surface area contributed by atoms with Crippen molar-refractivity contribution in [2.45, 2.75) is 25.8 Å². The van der Waals surface area contributed by atoms with Gasteiger partial charge in [-0.15, -0.1) is 0 Å². The number of hydrogen-bond acceptors (Lipinski definition) is 8. The van der Waals surface area contributed by atoms with Gasteiger partial charge < -0.3 is 25.8 Å². The van der Waals surface area contributed by atoms with Crippen LogP contribution in [0, 0.1) is 17.8 Å². The van der Waals surface area contributed by atoms with Gasteiger partial charge >= 0.3 is 0 Å². The smallest absolute Gasteiger partial charge is 0.255 e. The number of aliphatic hydroxyl groups is 2. The highest BCUT2D eigenvalue weighted by atomic mass is 16.5. The molecule has 3 aliphatic carbocycles. The molecule has 2 fully saturated rings. The minimum atomic E-state index is -1.12. The quantitative estimate of drug-likeness (QED) is 0.441. The van der Waals surface area contributed by atoms with Crippen LogP contribution in [0.4, 0.5) is 0 Å². The average Bonchev–Trinajstić information content (AvgIpc) is 2.89. The Hall–Kier alpha value is -3.95. The maximum Gasteiger partial charge on any atom is 0.255 e. The number of amides is 1. The Morgan fingerprint density at radius 3 is 2.41 bits per heavy atom. The third-order valence-corrected chi connectivity index (χ3v) is 8.55. The summed E-state index contributed by atoms with van der Waals surface area (Å²) >= 11 is 0. The predicted octanol–water partition coefficient (Wildman–Crippen LogP) is 2.81. The van der Waals surface area contributed by atoms with Crippen LogP contribution in [0.2, 0.25) is 0 Å². The number of carbonyl (C=O) groups is 3. The summed E-state index contributed by atoms with van der Waals surface area (Å²) in [5, 5.41) is 32.8. The van der Waals surface area contributed by atoms with E-state index in [1.165, 1.54) is 11.6 Å². The number of morpholine rings is 1. The van der Waals surface area contributed by atoms with Gasteiger partial charge in [0, 0.05) is 31.6 Å². The summed E-state index contributed by atoms with van der Waals surface area (Å²) in [5.74, 6) is -5.29. The lowest BCUT2D eigenvalue weighted by Gasteiger charge is -2.41. The maximum atomic E-state index is 13.6. The van der Waals surface area contributed by atoms with Gasteiger partial charge in [0.25, 0.3) is 5.91 Å². The molecule has 1 saturated carbocycles. The predicted molar refractivity (Wildman–Crippen MR) is 141 cm³/mol. The van der Waals surface area contributed by atoms with Gasteiger partial charge in [-0.05, 0) is 53.0 Å². The molecule has 0 spiro atoms. The first-order chi connectivity index (χ1) is 18.7. The van der Waals surface area contributed by atoms with Gasteiger partial charge in [0.1, 0.15) is 22.8 Å². The molecule has 5 N–H and O–H groups in total. The highest BCUT2D eigenvalue weighted by molar-refractivity contribution is 6.21. The molecule has 0 radical (unpaired) electrons. The van der Waals surface area contributed by atoms with Gasteiger partial charge in [-0.3, -0.25) is 19.3 Å². The molecule has 4 aliphatic rings. The normalized spacial score (nSPS) is 25.3. The Kier molecular flexibility index (Phi) is 6.28. The first-order valence-corrected chi connectivity index (χ1v) is 13.2. The maximum absolute atomic E-state index is 13.6. The van der Waals surface area contributed by atoms with Crippen molar-refractivity contribution >= 4 is 23.2 Å². The monoisotopic (exact) mass is 530 g/mol. The fraction of sp³-hybridized carbons (Fsp3) is 0.367. The molecule has 9 heteroatoms. The number of phenolic OH excluding ortho intramolecular Hbond substituents is 1. The summed E-state index contributed by atoms with van der Waals surface area (Å²) in [6, 6.07) is 11.5. The lowest BCUT2D eigenvalue weighted by Crippen LogP contribution is -2.44. The molecule has 1 saturated heterocycles. The molecule has 1 aliphatic heterocycles. The molecule has 9 nitrogen and oxygen atoms in total. The standard InChI is InChI=1S/C30H30N2O7/c31-30(38)26-22(34)13-18-11-17-12-20-19(16-3-1-15(2-4-16)14-32-7-9-39-10-8-32)5-6-21(33)25(20)28(36)23(17)27(35)24(18)29(26)37/h1-6,17-18,24,33,36-37H,7-14H2,(H2,31,38)/t17-,18+,24?/m1/s1. The van der Waals surface area contributed by atoms with Gasteiger partial charge in [-0.2, -0.15) is 0 Å². The number of nitrogens with zero attached hydrogens (tertiary/aromatic N) is 1. The highest BCUT2D eigenvalue weighted by Crippen LogP contribution is 2.51. The number of aromatic hydroxyl groups is 1. The van der Waals surface area contributed by atoms with Crippen molar-refractivity contribution in [1.82, 2.24) is 4.90 Å². The number of nitrogens with two attached hydrogens (primary N) is 1. The van der Waals surface area contributed by atoms with E-state index in [9.17, 15) is 29.7 Å². The van der Waals surface area contributed by atoms with Gasteiger partial charge in [0.2, 0.25) is 0 Å². The molecular formula is C30H30N2O7. The van der Waals surface area contributed by atoms with E-state index in [0.717, 1.165) is 49.5 Å². The summed E-state index contributed by atoms with van der Waals surface area (Å²) in [4.78, 5) is 40.2. The molecular weight excluding hydrogens is 500 g/mol. The number of allylic oxidation sites excluding steroid dienone is 2. The van der Waals surface area contributed by atoms with Crippen molar-refractivity contribution in [3.63, 3.8) is 0 Å². The molecule has 202 valence electrons. The number of carbonyl (C=O) groups excluding carboxylic acids is 3. The van der Waals surface area contributed by atoms with Crippen LogP contribution in [-0.2, 0) is 32.1 Å². The number of primary amides is 1. The number of Topliss-reactive ketones (excluding diaryl/α,β-unsaturated/α-hetero) is 2. The number of phenols is 1. The molecule has 1 heterocycles. The average molecular weight is 531 g/mol. The van der Waals surface area contributed by atoms with Crippen LogP contribution in [0.5, 0.6) is 5.75 Å². The fourth-order valence-electron chi connectivity index (χ4n) is 6.72. The third-order valence-electron chi connectivity index (χ3n) is 8.55. The number of benzene rings is 2. The largest absolute Gasteiger partial charge is 0.511 e. The topological polar surface area (TPSA) is 150 Å². The second-order valence-electron chi connectivity index (χ2n) is 10.8. The minimum Gasteiger partial charge on any atom is -0.511 e. The number of ketones is 2. The second-order valence-corrected chi connectivity index (χ2v) is 10.8. The first-order valence-electron chi connectivity index (χ1n) is 13.2. The van der Waals surface area contributed by atoms with Crippen LogP contribution >= 0.6 is 0 Å². The van der Waals surface area contributed by atoms with Gasteiger partial charge in [0.15, 0.2) is 11.6 Å². The van der Waals surface area contributed by atoms with Gasteiger partial charge in [-0.25, -0.2) is 0 Å². The van der Waals surface area contributed by atoms with Crippen LogP contribution in [0.3, 0.4) is 0 Å². The van der Waals surface area contributed by atoms with Crippen molar-refractivity contribution in [1.29, 1.82) is 0 Å². The van der Waals surface area contributed by atoms with E-state index < -0.39 is 46.6 Å². The van der Waals surface area contributed by atoms with Crippen LogP contribution in [-0.4, -0.2) is 64.0 Å². The summed E-state index contributed by atoms with van der Waals surface area (Å²) in [6.45, 7) is 4.09. The van der Waals surface area contributed by atoms with E-state index >= 15 is 0 Å². The van der Waals surface area contributed by atoms with Crippen molar-refractivity contribution in [2.75, 3.05) is 26.3 Å². The number of aliphatic hydroxyl groups excluding tert-OH is 2. The van der Waals surface area contributed by atoms with Crippen molar-refractivity contribution in [3.05, 3.63) is 70.0 Å². The highest BCUT2D eigenvalue weighted by Gasteiger charge is 2.51. The molecule has 2 aromatic carbocycles. The van der Waals surface area contributed by atoms with Crippen molar-refractivity contribution < 1.29 is 34.4 Å². The van der Waals surface area contributed by atoms with E-state index in [-0.39, 0.29) is 29.1 Å². The Morgan fingerprint density at radius 2 is 1.72 bits per heavy atom. The Labute approximate surface area is 225 Å². The molecule has 1 amide bonds. The number of ether oxygens (including phenoxy) is 1. The van der Waals surface area contributed by atoms with E-state index in [1.807, 2.05) is 18.2 Å². The van der Waals surface area contributed by atoms with E-state index in [4.69, 9.17) is 10.5 Å². The lowest BCUT2D eigenvalue weighted by atomic mass is 9.61. The summed E-state index contributed by atoms with van der Waals surface area (Å²) in [6.07, 6.45) is 0.669. The SMILES string of the molecule is NC(=O)C1=C(O)C2C(=O)C3=C(O)c4c(O)ccc(-c5ccc(CN6CCOCC6)cc5)c4C[C@H]3C[C@H]2CC1=O. The van der Waals surface area contributed by atoms with Crippen LogP contribution in [0.15, 0.2) is 53.3 Å². The molecule has 1 unspecified atom stereocenters. The Bertz CT molecular complexity index is 1450. The van der Waals surface area contributed by atoms with Gasteiger partial charge in [-0.1, -0.05) is 30.3 Å². The molecule has 0 bridgehead atoms. The summed E-state index contributed by atoms with van der Waals surface area (Å²) in [7, 11) is 0. The van der Waals surface area contributed by atoms with Crippen LogP contribution in [0.1, 0.15) is 29.5 Å². The molecule has 39 heavy (non-hydrogen) atoms. The number of hydrogen-bond donors (Lipinski definition) is 4. The molecule has 2 aromatic rings. The zero-order valence-electron chi connectivity index (χ0n) is 21.4. The molecule has 6 rings (SSSR count). The number of rotatable bonds is 4. The second kappa shape index (κ2) is 9.66. The Balaban J connectivity index is 1.36. The van der Waals surface area contributed by atoms with Crippen LogP contribution in [0.25, 0.3) is 16.9 Å². The number of fused-ring (bicyclic) bond motifs is 3. The van der Waals surface area contributed by atoms with Crippen molar-refractivity contribution in [3.8, 4) is 16.9 Å². The van der Waals surface area contributed by atoms with E-state index in [1.54, 1.807) is 0 Å². The first kappa shape index (κ1) is 25.3. The lowest BCUT2D eigenvalue weighted by molar-refractivity contribution is -0.127. The molecule has 3 atom stereocenters. The Morgan fingerprint density at radius 1 is 1.00 bits per heavy atom. The van der Waals surface area contributed by atoms with Crippen molar-refractivity contribution in [2.24, 2.45) is 23.5 Å². The minimum absolute atomic E-state index is 0.0758. The zero-order valence-corrected chi connectivity index (χ0v) is 21.4. The molecule has 0 aromatic heterocycles. The third kappa shape index (κ3) is 4.22. The van der Waals surface area contributed by atoms with Crippen LogP contribution < -0.4 is 5.73 Å². The van der Waals surface area contributed by atoms with Gasteiger partial charge in [0.05, 0.1) is 24.7 Å². The van der Waals surface area contributed by atoms with E-state index in [2.05, 4.69) is 17.0 Å². The summed E-state index contributed by atoms with van der Waals surface area (Å²) < 4.78 is 5.43.